The number of pyridine rings is 1. The molecule has 1 heterocycles. The van der Waals surface area contributed by atoms with Gasteiger partial charge in [0.25, 0.3) is 0 Å². The molecule has 1 aliphatic carbocycles. The normalized spacial score (nSPS) is 16.5. The third-order valence-electron chi connectivity index (χ3n) is 3.55. The maximum absolute atomic E-state index is 10.2. The van der Waals surface area contributed by atoms with E-state index in [0.29, 0.717) is 6.42 Å². The van der Waals surface area contributed by atoms with E-state index in [0.717, 1.165) is 17.0 Å². The van der Waals surface area contributed by atoms with Crippen molar-refractivity contribution in [2.45, 2.75) is 31.3 Å². The van der Waals surface area contributed by atoms with E-state index in [-0.39, 0.29) is 0 Å². The lowest BCUT2D eigenvalue weighted by Gasteiger charge is -2.11. The molecular formula is C16H17NO. The second kappa shape index (κ2) is 4.91. The number of nitrogens with zero attached hydrogens (tertiary/aromatic N) is 1. The van der Waals surface area contributed by atoms with Gasteiger partial charge in [0, 0.05) is 18.8 Å². The van der Waals surface area contributed by atoms with E-state index in [2.05, 4.69) is 29.2 Å². The number of hydrogen-bond donors (Lipinski definition) is 1. The van der Waals surface area contributed by atoms with Crippen molar-refractivity contribution >= 4 is 0 Å². The van der Waals surface area contributed by atoms with E-state index in [1.807, 2.05) is 12.1 Å². The largest absolute Gasteiger partial charge is 0.388 e. The molecule has 0 amide bonds. The quantitative estimate of drug-likeness (QED) is 0.888. The second-order valence-corrected chi connectivity index (χ2v) is 5.02. The summed E-state index contributed by atoms with van der Waals surface area (Å²) in [7, 11) is 0. The van der Waals surface area contributed by atoms with Gasteiger partial charge in [-0.15, -0.1) is 0 Å². The number of aromatic nitrogens is 1. The molecule has 0 bridgehead atoms. The van der Waals surface area contributed by atoms with Gasteiger partial charge in [0.15, 0.2) is 0 Å². The van der Waals surface area contributed by atoms with Gasteiger partial charge in [0.05, 0.1) is 6.10 Å². The molecule has 1 aliphatic rings. The highest BCUT2D eigenvalue weighted by molar-refractivity contribution is 5.30. The molecule has 2 aromatic rings. The first-order valence-electron chi connectivity index (χ1n) is 6.50. The molecule has 1 aromatic heterocycles. The standard InChI is InChI=1S/C16H17NO/c18-16(11-12-7-9-17-10-8-12)15-5-3-14(4-6-15)13-1-2-13/h3-10,13,16,18H,1-2,11H2. The highest BCUT2D eigenvalue weighted by Gasteiger charge is 2.23. The summed E-state index contributed by atoms with van der Waals surface area (Å²) in [5.41, 5.74) is 3.52. The lowest BCUT2D eigenvalue weighted by molar-refractivity contribution is 0.178. The summed E-state index contributed by atoms with van der Waals surface area (Å²) >= 11 is 0. The molecule has 3 rings (SSSR count). The zero-order valence-electron chi connectivity index (χ0n) is 10.3. The fourth-order valence-corrected chi connectivity index (χ4v) is 2.27. The zero-order valence-corrected chi connectivity index (χ0v) is 10.3. The van der Waals surface area contributed by atoms with E-state index < -0.39 is 6.10 Å². The van der Waals surface area contributed by atoms with E-state index in [4.69, 9.17) is 0 Å². The Morgan fingerprint density at radius 1 is 1.06 bits per heavy atom. The number of aliphatic hydroxyl groups is 1. The van der Waals surface area contributed by atoms with Crippen LogP contribution in [0.5, 0.6) is 0 Å². The Kier molecular flexibility index (Phi) is 3.11. The molecule has 1 atom stereocenters. The van der Waals surface area contributed by atoms with Crippen LogP contribution in [0.25, 0.3) is 0 Å². The molecule has 1 unspecified atom stereocenters. The minimum atomic E-state index is -0.430. The SMILES string of the molecule is OC(Cc1ccncc1)c1ccc(C2CC2)cc1. The first kappa shape index (κ1) is 11.4. The lowest BCUT2D eigenvalue weighted by atomic mass is 10.00. The lowest BCUT2D eigenvalue weighted by Crippen LogP contribution is -2.01. The third kappa shape index (κ3) is 2.59. The summed E-state index contributed by atoms with van der Waals surface area (Å²) in [6.07, 6.45) is 6.38. The van der Waals surface area contributed by atoms with Crippen molar-refractivity contribution in [2.75, 3.05) is 0 Å². The molecule has 1 fully saturated rings. The minimum Gasteiger partial charge on any atom is -0.388 e. The molecule has 92 valence electrons. The van der Waals surface area contributed by atoms with Gasteiger partial charge in [0.1, 0.15) is 0 Å². The Hall–Kier alpha value is -1.67. The van der Waals surface area contributed by atoms with Crippen LogP contribution in [0, 0.1) is 0 Å². The molecule has 2 nitrogen and oxygen atoms in total. The van der Waals surface area contributed by atoms with Crippen LogP contribution in [0.15, 0.2) is 48.8 Å². The van der Waals surface area contributed by atoms with Crippen LogP contribution in [0.2, 0.25) is 0 Å². The minimum absolute atomic E-state index is 0.430. The molecule has 0 saturated heterocycles. The summed E-state index contributed by atoms with van der Waals surface area (Å²) < 4.78 is 0. The van der Waals surface area contributed by atoms with Crippen LogP contribution in [0.3, 0.4) is 0 Å². The van der Waals surface area contributed by atoms with Crippen molar-refractivity contribution in [1.82, 2.24) is 4.98 Å². The van der Waals surface area contributed by atoms with E-state index in [1.54, 1.807) is 12.4 Å². The molecule has 0 aliphatic heterocycles. The van der Waals surface area contributed by atoms with E-state index in [1.165, 1.54) is 18.4 Å². The van der Waals surface area contributed by atoms with Gasteiger partial charge in [-0.2, -0.15) is 0 Å². The zero-order chi connectivity index (χ0) is 12.4. The fraction of sp³-hybridized carbons (Fsp3) is 0.312. The highest BCUT2D eigenvalue weighted by atomic mass is 16.3. The van der Waals surface area contributed by atoms with Gasteiger partial charge in [0.2, 0.25) is 0 Å². The Labute approximate surface area is 107 Å². The Bertz CT molecular complexity index is 502. The van der Waals surface area contributed by atoms with Crippen LogP contribution >= 0.6 is 0 Å². The summed E-state index contributed by atoms with van der Waals surface area (Å²) in [6, 6.07) is 12.3. The van der Waals surface area contributed by atoms with Gasteiger partial charge < -0.3 is 5.11 Å². The van der Waals surface area contributed by atoms with Crippen molar-refractivity contribution in [3.63, 3.8) is 0 Å². The molecule has 0 radical (unpaired) electrons. The van der Waals surface area contributed by atoms with Crippen molar-refractivity contribution in [3.8, 4) is 0 Å². The molecule has 0 spiro atoms. The summed E-state index contributed by atoms with van der Waals surface area (Å²) in [4.78, 5) is 3.98. The van der Waals surface area contributed by atoms with Crippen LogP contribution in [-0.4, -0.2) is 10.1 Å². The molecule has 1 saturated carbocycles. The van der Waals surface area contributed by atoms with Crippen LogP contribution in [0.4, 0.5) is 0 Å². The average molecular weight is 239 g/mol. The molecule has 2 heteroatoms. The van der Waals surface area contributed by atoms with Crippen LogP contribution in [-0.2, 0) is 6.42 Å². The Morgan fingerprint density at radius 2 is 1.72 bits per heavy atom. The Balaban J connectivity index is 1.69. The molecule has 18 heavy (non-hydrogen) atoms. The van der Waals surface area contributed by atoms with Crippen LogP contribution < -0.4 is 0 Å². The average Bonchev–Trinajstić information content (AvgIpc) is 3.24. The fourth-order valence-electron chi connectivity index (χ4n) is 2.27. The van der Waals surface area contributed by atoms with Crippen molar-refractivity contribution in [1.29, 1.82) is 0 Å². The smallest absolute Gasteiger partial charge is 0.0830 e. The molecule has 1 aromatic carbocycles. The predicted molar refractivity (Wildman–Crippen MR) is 71.3 cm³/mol. The predicted octanol–water partition coefficient (Wildman–Crippen LogP) is 3.24. The summed E-state index contributed by atoms with van der Waals surface area (Å²) in [5.74, 6) is 0.774. The third-order valence-corrected chi connectivity index (χ3v) is 3.55. The number of aliphatic hydroxyl groups excluding tert-OH is 1. The summed E-state index contributed by atoms with van der Waals surface area (Å²) in [5, 5.41) is 10.2. The van der Waals surface area contributed by atoms with Crippen molar-refractivity contribution < 1.29 is 5.11 Å². The van der Waals surface area contributed by atoms with Crippen molar-refractivity contribution in [2.24, 2.45) is 0 Å². The highest BCUT2D eigenvalue weighted by Crippen LogP contribution is 2.40. The van der Waals surface area contributed by atoms with Gasteiger partial charge >= 0.3 is 0 Å². The van der Waals surface area contributed by atoms with Crippen LogP contribution in [0.1, 0.15) is 41.6 Å². The monoisotopic (exact) mass is 239 g/mol. The number of benzene rings is 1. The number of rotatable bonds is 4. The topological polar surface area (TPSA) is 33.1 Å². The first-order valence-corrected chi connectivity index (χ1v) is 6.50. The molecular weight excluding hydrogens is 222 g/mol. The number of hydrogen-bond acceptors (Lipinski definition) is 2. The van der Waals surface area contributed by atoms with E-state index >= 15 is 0 Å². The Morgan fingerprint density at radius 3 is 2.33 bits per heavy atom. The van der Waals surface area contributed by atoms with E-state index in [9.17, 15) is 5.11 Å². The van der Waals surface area contributed by atoms with Gasteiger partial charge in [-0.3, -0.25) is 4.98 Å². The van der Waals surface area contributed by atoms with Gasteiger partial charge in [-0.25, -0.2) is 0 Å². The maximum atomic E-state index is 10.2. The van der Waals surface area contributed by atoms with Gasteiger partial charge in [-0.1, -0.05) is 24.3 Å². The second-order valence-electron chi connectivity index (χ2n) is 5.02. The summed E-state index contributed by atoms with van der Waals surface area (Å²) in [6.45, 7) is 0. The van der Waals surface area contributed by atoms with Crippen molar-refractivity contribution in [3.05, 3.63) is 65.5 Å². The van der Waals surface area contributed by atoms with Gasteiger partial charge in [-0.05, 0) is 47.6 Å². The maximum Gasteiger partial charge on any atom is 0.0830 e. The first-order chi connectivity index (χ1) is 8.83. The molecule has 1 N–H and O–H groups in total.